The van der Waals surface area contributed by atoms with E-state index in [-0.39, 0.29) is 0 Å². The van der Waals surface area contributed by atoms with Gasteiger partial charge in [-0.2, -0.15) is 0 Å². The van der Waals surface area contributed by atoms with Gasteiger partial charge in [0.2, 0.25) is 0 Å². The molecular formula is C21H23NS. The fraction of sp³-hybridized carbons (Fsp3) is 0.333. The Bertz CT molecular complexity index is 697. The predicted molar refractivity (Wildman–Crippen MR) is 99.7 cm³/mol. The topological polar surface area (TPSA) is 12.0 Å². The van der Waals surface area contributed by atoms with Crippen LogP contribution in [0.4, 0.5) is 0 Å². The maximum atomic E-state index is 5.40. The molecule has 0 heterocycles. The van der Waals surface area contributed by atoms with Crippen LogP contribution in [0, 0.1) is 19.3 Å². The Morgan fingerprint density at radius 2 is 2.04 bits per heavy atom. The maximum Gasteiger partial charge on any atom is 0.0578 e. The summed E-state index contributed by atoms with van der Waals surface area (Å²) in [5.41, 5.74) is 5.67. The third-order valence-electron chi connectivity index (χ3n) is 4.43. The zero-order chi connectivity index (χ0) is 16.1. The summed E-state index contributed by atoms with van der Waals surface area (Å²) in [5, 5.41) is 3.49. The lowest BCUT2D eigenvalue weighted by Gasteiger charge is -2.27. The third kappa shape index (κ3) is 3.99. The summed E-state index contributed by atoms with van der Waals surface area (Å²) in [6.07, 6.45) is 9.00. The molecule has 23 heavy (non-hydrogen) atoms. The lowest BCUT2D eigenvalue weighted by molar-refractivity contribution is 0.479. The zero-order valence-electron chi connectivity index (χ0n) is 13.6. The molecule has 1 atom stereocenters. The first-order valence-electron chi connectivity index (χ1n) is 8.25. The van der Waals surface area contributed by atoms with Crippen molar-refractivity contribution in [1.29, 1.82) is 0 Å². The van der Waals surface area contributed by atoms with Crippen LogP contribution in [0.25, 0.3) is 0 Å². The van der Waals surface area contributed by atoms with Crippen LogP contribution in [-0.2, 0) is 12.2 Å². The van der Waals surface area contributed by atoms with Crippen molar-refractivity contribution in [3.63, 3.8) is 0 Å². The van der Waals surface area contributed by atoms with Crippen LogP contribution >= 0.6 is 11.8 Å². The van der Waals surface area contributed by atoms with Crippen LogP contribution < -0.4 is 5.32 Å². The summed E-state index contributed by atoms with van der Waals surface area (Å²) in [6.45, 7) is 2.78. The van der Waals surface area contributed by atoms with E-state index in [1.165, 1.54) is 46.4 Å². The number of thioether (sulfide) groups is 1. The van der Waals surface area contributed by atoms with E-state index in [0.717, 1.165) is 5.75 Å². The van der Waals surface area contributed by atoms with Crippen molar-refractivity contribution in [2.75, 3.05) is 6.54 Å². The molecule has 0 aromatic heterocycles. The van der Waals surface area contributed by atoms with E-state index in [0.29, 0.717) is 12.6 Å². The Kier molecular flexibility index (Phi) is 5.43. The van der Waals surface area contributed by atoms with E-state index >= 15 is 0 Å². The molecule has 0 bridgehead atoms. The molecule has 118 valence electrons. The number of nitrogens with one attached hydrogen (secondary N) is 1. The van der Waals surface area contributed by atoms with Gasteiger partial charge in [-0.15, -0.1) is 18.2 Å². The van der Waals surface area contributed by atoms with Crippen LogP contribution in [0.2, 0.25) is 0 Å². The van der Waals surface area contributed by atoms with E-state index in [2.05, 4.69) is 60.6 Å². The van der Waals surface area contributed by atoms with Crippen molar-refractivity contribution in [2.24, 2.45) is 0 Å². The van der Waals surface area contributed by atoms with Gasteiger partial charge in [0.15, 0.2) is 0 Å². The number of aryl methyl sites for hydroxylation is 1. The Labute approximate surface area is 143 Å². The summed E-state index contributed by atoms with van der Waals surface area (Å²) in [6, 6.07) is 16.0. The lowest BCUT2D eigenvalue weighted by Crippen LogP contribution is -2.25. The highest BCUT2D eigenvalue weighted by Crippen LogP contribution is 2.36. The molecule has 2 heteroatoms. The first-order valence-corrected chi connectivity index (χ1v) is 9.23. The molecule has 1 N–H and O–H groups in total. The van der Waals surface area contributed by atoms with E-state index in [1.54, 1.807) is 0 Å². The smallest absolute Gasteiger partial charge is 0.0578 e. The zero-order valence-corrected chi connectivity index (χ0v) is 14.5. The van der Waals surface area contributed by atoms with Crippen molar-refractivity contribution in [1.82, 2.24) is 5.32 Å². The van der Waals surface area contributed by atoms with Crippen molar-refractivity contribution in [3.05, 3.63) is 64.7 Å². The van der Waals surface area contributed by atoms with Gasteiger partial charge >= 0.3 is 0 Å². The number of rotatable bonds is 5. The third-order valence-corrected chi connectivity index (χ3v) is 5.60. The normalized spacial score (nSPS) is 16.6. The summed E-state index contributed by atoms with van der Waals surface area (Å²) in [5.74, 6) is 3.72. The molecule has 0 spiro atoms. The van der Waals surface area contributed by atoms with Gasteiger partial charge in [0.25, 0.3) is 0 Å². The minimum absolute atomic E-state index is 0.412. The molecule has 0 aliphatic heterocycles. The lowest BCUT2D eigenvalue weighted by atomic mass is 9.87. The molecule has 0 amide bonds. The molecule has 3 rings (SSSR count). The number of fused-ring (bicyclic) bond motifs is 1. The molecular weight excluding hydrogens is 298 g/mol. The maximum absolute atomic E-state index is 5.40. The standard InChI is InChI=1S/C21H23NS/c1-3-14-22-20-8-4-7-19-18(20)6-5-9-21(19)23-15-17-12-10-16(2)11-13-17/h1,5-6,9-13,20,22H,4,7-8,14-15H2,2H3. The minimum atomic E-state index is 0.412. The van der Waals surface area contributed by atoms with Crippen molar-refractivity contribution >= 4 is 11.8 Å². The van der Waals surface area contributed by atoms with Crippen molar-refractivity contribution < 1.29 is 0 Å². The number of terminal acetylenes is 1. The second-order valence-corrected chi connectivity index (χ2v) is 7.15. The van der Waals surface area contributed by atoms with Crippen LogP contribution in [0.15, 0.2) is 47.4 Å². The molecule has 0 radical (unpaired) electrons. The summed E-state index contributed by atoms with van der Waals surface area (Å²) in [7, 11) is 0. The van der Waals surface area contributed by atoms with Crippen LogP contribution in [0.3, 0.4) is 0 Å². The Morgan fingerprint density at radius 1 is 1.22 bits per heavy atom. The van der Waals surface area contributed by atoms with Gasteiger partial charge in [-0.1, -0.05) is 47.9 Å². The van der Waals surface area contributed by atoms with Gasteiger partial charge in [-0.3, -0.25) is 5.32 Å². The average molecular weight is 321 g/mol. The fourth-order valence-electron chi connectivity index (χ4n) is 3.19. The van der Waals surface area contributed by atoms with E-state index in [9.17, 15) is 0 Å². The Balaban J connectivity index is 1.75. The van der Waals surface area contributed by atoms with Gasteiger partial charge in [-0.05, 0) is 48.9 Å². The van der Waals surface area contributed by atoms with E-state index < -0.39 is 0 Å². The van der Waals surface area contributed by atoms with Crippen LogP contribution in [-0.4, -0.2) is 6.54 Å². The number of hydrogen-bond donors (Lipinski definition) is 1. The largest absolute Gasteiger partial charge is 0.299 e. The molecule has 1 aliphatic rings. The first kappa shape index (κ1) is 16.2. The predicted octanol–water partition coefficient (Wildman–Crippen LogP) is 4.89. The van der Waals surface area contributed by atoms with Gasteiger partial charge in [0.05, 0.1) is 6.54 Å². The summed E-state index contributed by atoms with van der Waals surface area (Å²) >= 11 is 1.95. The highest BCUT2D eigenvalue weighted by atomic mass is 32.2. The summed E-state index contributed by atoms with van der Waals surface area (Å²) < 4.78 is 0. The van der Waals surface area contributed by atoms with Gasteiger partial charge in [-0.25, -0.2) is 0 Å². The van der Waals surface area contributed by atoms with Crippen LogP contribution in [0.1, 0.15) is 41.1 Å². The van der Waals surface area contributed by atoms with Gasteiger partial charge in [0, 0.05) is 16.7 Å². The van der Waals surface area contributed by atoms with E-state index in [1.807, 2.05) is 11.8 Å². The van der Waals surface area contributed by atoms with Crippen molar-refractivity contribution in [2.45, 2.75) is 42.9 Å². The minimum Gasteiger partial charge on any atom is -0.299 e. The Morgan fingerprint density at radius 3 is 2.83 bits per heavy atom. The average Bonchev–Trinajstić information content (AvgIpc) is 2.59. The molecule has 1 unspecified atom stereocenters. The molecule has 0 fully saturated rings. The molecule has 1 aliphatic carbocycles. The highest BCUT2D eigenvalue weighted by molar-refractivity contribution is 7.98. The van der Waals surface area contributed by atoms with Crippen molar-refractivity contribution in [3.8, 4) is 12.3 Å². The molecule has 2 aromatic carbocycles. The quantitative estimate of drug-likeness (QED) is 0.622. The second kappa shape index (κ2) is 7.73. The SMILES string of the molecule is C#CCNC1CCCc2c(SCc3ccc(C)cc3)cccc21. The first-order chi connectivity index (χ1) is 11.3. The molecule has 2 aromatic rings. The highest BCUT2D eigenvalue weighted by Gasteiger charge is 2.21. The second-order valence-electron chi connectivity index (χ2n) is 6.13. The molecule has 0 saturated heterocycles. The summed E-state index contributed by atoms with van der Waals surface area (Å²) in [4.78, 5) is 1.43. The fourth-order valence-corrected chi connectivity index (χ4v) is 4.27. The number of hydrogen-bond acceptors (Lipinski definition) is 2. The number of benzene rings is 2. The van der Waals surface area contributed by atoms with Gasteiger partial charge < -0.3 is 0 Å². The molecule has 1 nitrogen and oxygen atoms in total. The molecule has 0 saturated carbocycles. The van der Waals surface area contributed by atoms with Crippen LogP contribution in [0.5, 0.6) is 0 Å². The monoisotopic (exact) mass is 321 g/mol. The van der Waals surface area contributed by atoms with Gasteiger partial charge in [0.1, 0.15) is 0 Å². The van der Waals surface area contributed by atoms with E-state index in [4.69, 9.17) is 6.42 Å². The Hall–Kier alpha value is -1.69.